The van der Waals surface area contributed by atoms with E-state index in [1.807, 2.05) is 19.1 Å². The van der Waals surface area contributed by atoms with E-state index in [2.05, 4.69) is 33.8 Å². The number of benzene rings is 1. The van der Waals surface area contributed by atoms with Crippen LogP contribution in [-0.4, -0.2) is 59.7 Å². The second kappa shape index (κ2) is 12.4. The van der Waals surface area contributed by atoms with Gasteiger partial charge in [-0.2, -0.15) is 11.8 Å². The van der Waals surface area contributed by atoms with Crippen LogP contribution < -0.4 is 0 Å². The third-order valence-electron chi connectivity index (χ3n) is 8.67. The number of thioether (sulfide) groups is 1. The van der Waals surface area contributed by atoms with E-state index in [-0.39, 0.29) is 40.6 Å². The van der Waals surface area contributed by atoms with Crippen molar-refractivity contribution < 1.29 is 24.2 Å². The maximum absolute atomic E-state index is 13.0. The first-order valence-electron chi connectivity index (χ1n) is 14.0. The zero-order valence-corrected chi connectivity index (χ0v) is 24.7. The van der Waals surface area contributed by atoms with Crippen molar-refractivity contribution in [1.82, 2.24) is 4.90 Å². The van der Waals surface area contributed by atoms with Crippen molar-refractivity contribution in [2.24, 2.45) is 11.3 Å². The molecule has 3 aliphatic carbocycles. The number of ketones is 2. The summed E-state index contributed by atoms with van der Waals surface area (Å²) in [5.41, 5.74) is 7.45. The van der Waals surface area contributed by atoms with Gasteiger partial charge in [0.05, 0.1) is 19.8 Å². The molecule has 0 aromatic heterocycles. The van der Waals surface area contributed by atoms with Gasteiger partial charge in [-0.15, -0.1) is 0 Å². The molecule has 39 heavy (non-hydrogen) atoms. The van der Waals surface area contributed by atoms with Crippen molar-refractivity contribution in [3.63, 3.8) is 0 Å². The van der Waals surface area contributed by atoms with Gasteiger partial charge in [-0.25, -0.2) is 0 Å². The fourth-order valence-corrected chi connectivity index (χ4v) is 6.81. The van der Waals surface area contributed by atoms with Gasteiger partial charge < -0.3 is 14.7 Å². The van der Waals surface area contributed by atoms with Crippen LogP contribution in [0.4, 0.5) is 0 Å². The summed E-state index contributed by atoms with van der Waals surface area (Å²) in [5, 5.41) is 9.69. The molecule has 1 saturated carbocycles. The molecule has 0 radical (unpaired) electrons. The maximum Gasteiger partial charge on any atom is 0.224 e. The fourth-order valence-electron chi connectivity index (χ4n) is 5.89. The summed E-state index contributed by atoms with van der Waals surface area (Å²) in [4.78, 5) is 38.9. The smallest absolute Gasteiger partial charge is 0.224 e. The summed E-state index contributed by atoms with van der Waals surface area (Å²) in [5.74, 6) is 0.798. The highest BCUT2D eigenvalue weighted by molar-refractivity contribution is 7.99. The normalized spacial score (nSPS) is 20.3. The predicted octanol–water partition coefficient (Wildman–Crippen LogP) is 5.83. The van der Waals surface area contributed by atoms with Crippen LogP contribution in [0.1, 0.15) is 81.5 Å². The van der Waals surface area contributed by atoms with Crippen molar-refractivity contribution in [2.45, 2.75) is 65.6 Å². The molecule has 0 heterocycles. The van der Waals surface area contributed by atoms with E-state index in [0.717, 1.165) is 40.9 Å². The number of fused-ring (bicyclic) bond motifs is 1. The highest BCUT2D eigenvalue weighted by Crippen LogP contribution is 2.63. The van der Waals surface area contributed by atoms with Gasteiger partial charge in [0.1, 0.15) is 6.73 Å². The molecule has 6 nitrogen and oxygen atoms in total. The molecule has 1 unspecified atom stereocenters. The molecule has 0 aliphatic heterocycles. The number of aliphatic hydroxyl groups excluding tert-OH is 1. The highest BCUT2D eigenvalue weighted by Gasteiger charge is 2.56. The molecule has 2 atom stereocenters. The fraction of sp³-hybridized carbons (Fsp3) is 0.531. The molecular formula is C32H41NO5S. The molecule has 1 spiro atoms. The van der Waals surface area contributed by atoms with Crippen LogP contribution in [-0.2, 0) is 14.3 Å². The lowest BCUT2D eigenvalue weighted by Crippen LogP contribution is -2.36. The molecule has 4 rings (SSSR count). The van der Waals surface area contributed by atoms with Gasteiger partial charge in [0.2, 0.25) is 5.91 Å². The van der Waals surface area contributed by atoms with E-state index in [0.29, 0.717) is 31.6 Å². The maximum atomic E-state index is 13.0. The number of amides is 1. The largest absolute Gasteiger partial charge is 0.376 e. The number of allylic oxidation sites excluding steroid dienone is 4. The second-order valence-corrected chi connectivity index (χ2v) is 12.5. The van der Waals surface area contributed by atoms with E-state index in [4.69, 9.17) is 4.74 Å². The van der Waals surface area contributed by atoms with Gasteiger partial charge >= 0.3 is 0 Å². The van der Waals surface area contributed by atoms with Gasteiger partial charge in [0.15, 0.2) is 11.6 Å². The molecule has 0 bridgehead atoms. The number of aliphatic hydroxyl groups is 1. The quantitative estimate of drug-likeness (QED) is 0.189. The monoisotopic (exact) mass is 551 g/mol. The van der Waals surface area contributed by atoms with E-state index in [1.54, 1.807) is 23.9 Å². The molecule has 0 saturated heterocycles. The Labute approximate surface area is 236 Å². The Balaban J connectivity index is 1.25. The summed E-state index contributed by atoms with van der Waals surface area (Å²) in [6, 6.07) is 7.49. The average Bonchev–Trinajstić information content (AvgIpc) is 3.67. The van der Waals surface area contributed by atoms with Crippen molar-refractivity contribution in [1.29, 1.82) is 0 Å². The van der Waals surface area contributed by atoms with Gasteiger partial charge in [-0.1, -0.05) is 43.7 Å². The van der Waals surface area contributed by atoms with Crippen molar-refractivity contribution >= 4 is 29.2 Å². The van der Waals surface area contributed by atoms with Crippen LogP contribution in [0, 0.1) is 11.3 Å². The predicted molar refractivity (Wildman–Crippen MR) is 155 cm³/mol. The number of hydrogen-bond acceptors (Lipinski definition) is 6. The Morgan fingerprint density at radius 3 is 2.51 bits per heavy atom. The molecule has 1 amide bonds. The Morgan fingerprint density at radius 1 is 1.21 bits per heavy atom. The summed E-state index contributed by atoms with van der Waals surface area (Å²) < 4.78 is 6.10. The lowest BCUT2D eigenvalue weighted by atomic mass is 9.70. The first-order valence-corrected chi connectivity index (χ1v) is 15.1. The van der Waals surface area contributed by atoms with Crippen LogP contribution in [0.2, 0.25) is 0 Å². The average molecular weight is 552 g/mol. The van der Waals surface area contributed by atoms with Crippen LogP contribution in [0.15, 0.2) is 58.2 Å². The molecular weight excluding hydrogens is 510 g/mol. The minimum Gasteiger partial charge on any atom is -0.376 e. The summed E-state index contributed by atoms with van der Waals surface area (Å²) >= 11 is 1.79. The first kappa shape index (κ1) is 29.5. The number of ether oxygens (including phenoxy) is 1. The first-order chi connectivity index (χ1) is 18.6. The van der Waals surface area contributed by atoms with E-state index in [1.165, 1.54) is 16.0 Å². The van der Waals surface area contributed by atoms with E-state index in [9.17, 15) is 19.5 Å². The highest BCUT2D eigenvalue weighted by atomic mass is 32.2. The van der Waals surface area contributed by atoms with Gasteiger partial charge in [-0.3, -0.25) is 14.4 Å². The summed E-state index contributed by atoms with van der Waals surface area (Å²) in [6.07, 6.45) is 5.27. The zero-order chi connectivity index (χ0) is 28.3. The van der Waals surface area contributed by atoms with Crippen LogP contribution in [0.5, 0.6) is 0 Å². The minimum absolute atomic E-state index is 0.0791. The lowest BCUT2D eigenvalue weighted by molar-refractivity contribution is -0.134. The molecule has 1 fully saturated rings. The Kier molecular flexibility index (Phi) is 9.35. The van der Waals surface area contributed by atoms with Crippen LogP contribution >= 0.6 is 11.8 Å². The molecule has 1 aromatic rings. The minimum atomic E-state index is -0.456. The van der Waals surface area contributed by atoms with Crippen molar-refractivity contribution in [2.75, 3.05) is 32.2 Å². The number of carbonyl (C=O) groups excluding carboxylic acids is 3. The second-order valence-electron chi connectivity index (χ2n) is 11.1. The Hall–Kier alpha value is -2.48. The molecule has 1 aromatic carbocycles. The summed E-state index contributed by atoms with van der Waals surface area (Å²) in [6.45, 7) is 11.0. The van der Waals surface area contributed by atoms with Gasteiger partial charge in [0.25, 0.3) is 0 Å². The SMILES string of the molecule is CCCC(=O)N(CO)CC(=O)c1ccc(C(C)SCCOCC2=C(C)C=C3C(=O)[C@@H](C)C4(CC4)C(C)=C32)cc1. The number of rotatable bonds is 13. The third-order valence-corrected chi connectivity index (χ3v) is 9.85. The Bertz CT molecular complexity index is 1220. The molecule has 3 aliphatic rings. The lowest BCUT2D eigenvalue weighted by Gasteiger charge is -2.32. The van der Waals surface area contributed by atoms with Gasteiger partial charge in [-0.05, 0) is 68.4 Å². The van der Waals surface area contributed by atoms with Crippen LogP contribution in [0.3, 0.4) is 0 Å². The number of nitrogens with zero attached hydrogens (tertiary/aromatic N) is 1. The molecule has 7 heteroatoms. The molecule has 1 N–H and O–H groups in total. The number of hydrogen-bond donors (Lipinski definition) is 1. The van der Waals surface area contributed by atoms with E-state index < -0.39 is 6.73 Å². The standard InChI is InChI=1S/C32H41NO5S/c1-6-7-29(36)33(19-34)17-28(35)25-10-8-24(9-11-25)23(5)39-15-14-38-18-27-20(2)16-26-30(27)21(3)32(12-13-32)22(4)31(26)37/h8-11,16,22-23,34H,6-7,12-15,17-19H2,1-5H3/t22-,23?/m1/s1. The molecule has 210 valence electrons. The van der Waals surface area contributed by atoms with Crippen molar-refractivity contribution in [3.05, 3.63) is 69.3 Å². The van der Waals surface area contributed by atoms with Crippen molar-refractivity contribution in [3.8, 4) is 0 Å². The Morgan fingerprint density at radius 2 is 1.90 bits per heavy atom. The van der Waals surface area contributed by atoms with Crippen LogP contribution in [0.25, 0.3) is 0 Å². The van der Waals surface area contributed by atoms with E-state index >= 15 is 0 Å². The van der Waals surface area contributed by atoms with Gasteiger partial charge in [0, 0.05) is 39.9 Å². The third kappa shape index (κ3) is 6.01. The zero-order valence-electron chi connectivity index (χ0n) is 23.8. The number of carbonyl (C=O) groups is 3. The summed E-state index contributed by atoms with van der Waals surface area (Å²) in [7, 11) is 0. The number of Topliss-reactive ketones (excluding diaryl/α,β-unsaturated/α-hetero) is 2. The topological polar surface area (TPSA) is 83.9 Å².